The monoisotopic (exact) mass is 607 g/mol. The molecule has 0 radical (unpaired) electrons. The molecule has 0 aliphatic heterocycles. The molecule has 1 heterocycles. The average Bonchev–Trinajstić information content (AvgIpc) is 3.48. The van der Waals surface area contributed by atoms with Gasteiger partial charge in [0.2, 0.25) is 0 Å². The summed E-state index contributed by atoms with van der Waals surface area (Å²) < 4.78 is 41.4. The largest absolute Gasteiger partial charge is 0.484 e. The molecule has 1 N–H and O–H groups in total. The number of imidazole rings is 1. The van der Waals surface area contributed by atoms with Crippen molar-refractivity contribution in [1.82, 2.24) is 14.9 Å². The van der Waals surface area contributed by atoms with Crippen LogP contribution < -0.4 is 10.1 Å². The minimum absolute atomic E-state index is 0.266. The third-order valence-electron chi connectivity index (χ3n) is 6.74. The molecule has 0 saturated heterocycles. The molecule has 3 aromatic carbocycles. The van der Waals surface area contributed by atoms with Crippen molar-refractivity contribution in [3.8, 4) is 16.9 Å². The molecule has 1 unspecified atom stereocenters. The molecule has 1 amide bonds. The number of hydrogen-bond donors (Lipinski definition) is 1. The molecule has 0 fully saturated rings. The molecule has 2 atom stereocenters. The van der Waals surface area contributed by atoms with Crippen LogP contribution in [0.5, 0.6) is 5.75 Å². The first kappa shape index (κ1) is 31.7. The topological polar surface area (TPSA) is 82.5 Å². The summed E-state index contributed by atoms with van der Waals surface area (Å²) in [5.74, 6) is -1.39. The number of esters is 1. The standard InChI is InChI=1S/C33H35F2N3O4S/c1-6-33(43-5,31(40)42-32(2,3)4)37-30(39)27-16-15-26(19-28(27)22-7-11-24(34)12-8-22)41-29(20-38-18-17-36-21-38)23-9-13-25(35)14-10-23/h7-19,21,29H,6,20H2,1-5H3,(H,37,39)/t29?,33-/m0/s1. The lowest BCUT2D eigenvalue weighted by atomic mass is 9.98. The number of nitrogens with one attached hydrogen (secondary N) is 1. The van der Waals surface area contributed by atoms with Gasteiger partial charge in [0, 0.05) is 18.0 Å². The molecule has 0 aliphatic rings. The van der Waals surface area contributed by atoms with E-state index in [1.54, 1.807) is 95.1 Å². The van der Waals surface area contributed by atoms with E-state index in [-0.39, 0.29) is 17.8 Å². The highest BCUT2D eigenvalue weighted by Gasteiger charge is 2.41. The number of ether oxygens (including phenoxy) is 2. The van der Waals surface area contributed by atoms with Crippen molar-refractivity contribution in [2.75, 3.05) is 6.26 Å². The Bertz CT molecular complexity index is 1530. The number of aromatic nitrogens is 2. The fourth-order valence-electron chi connectivity index (χ4n) is 4.48. The van der Waals surface area contributed by atoms with E-state index in [4.69, 9.17) is 9.47 Å². The first-order valence-electron chi connectivity index (χ1n) is 13.8. The van der Waals surface area contributed by atoms with Crippen LogP contribution in [-0.4, -0.2) is 38.2 Å². The number of halogens is 2. The Morgan fingerprint density at radius 3 is 2.21 bits per heavy atom. The predicted molar refractivity (Wildman–Crippen MR) is 164 cm³/mol. The summed E-state index contributed by atoms with van der Waals surface area (Å²) in [6, 6.07) is 16.8. The molecule has 10 heteroatoms. The molecule has 0 bridgehead atoms. The third-order valence-corrected chi connectivity index (χ3v) is 7.99. The minimum atomic E-state index is -1.32. The molecule has 4 rings (SSSR count). The highest BCUT2D eigenvalue weighted by Crippen LogP contribution is 2.34. The maximum atomic E-state index is 13.9. The summed E-state index contributed by atoms with van der Waals surface area (Å²) in [7, 11) is 0. The lowest BCUT2D eigenvalue weighted by molar-refractivity contribution is -0.158. The molecule has 0 spiro atoms. The lowest BCUT2D eigenvalue weighted by Crippen LogP contribution is -2.53. The lowest BCUT2D eigenvalue weighted by Gasteiger charge is -2.33. The summed E-state index contributed by atoms with van der Waals surface area (Å²) in [4.78, 5) is 29.8. The van der Waals surface area contributed by atoms with Gasteiger partial charge in [-0.05, 0) is 92.6 Å². The predicted octanol–water partition coefficient (Wildman–Crippen LogP) is 7.19. The summed E-state index contributed by atoms with van der Waals surface area (Å²) in [5.41, 5.74) is 1.32. The van der Waals surface area contributed by atoms with E-state index in [0.717, 1.165) is 5.56 Å². The highest BCUT2D eigenvalue weighted by molar-refractivity contribution is 8.00. The van der Waals surface area contributed by atoms with Crippen molar-refractivity contribution in [2.45, 2.75) is 57.2 Å². The Hall–Kier alpha value is -4.18. The van der Waals surface area contributed by atoms with Crippen LogP contribution in [0.2, 0.25) is 0 Å². The number of nitrogens with zero attached hydrogens (tertiary/aromatic N) is 2. The second kappa shape index (κ2) is 13.4. The van der Waals surface area contributed by atoms with Crippen LogP contribution in [0.15, 0.2) is 85.5 Å². The average molecular weight is 608 g/mol. The van der Waals surface area contributed by atoms with Crippen molar-refractivity contribution in [3.05, 3.63) is 108 Å². The van der Waals surface area contributed by atoms with Crippen molar-refractivity contribution in [3.63, 3.8) is 0 Å². The normalized spacial score (nSPS) is 13.6. The van der Waals surface area contributed by atoms with Gasteiger partial charge < -0.3 is 19.4 Å². The smallest absolute Gasteiger partial charge is 0.343 e. The minimum Gasteiger partial charge on any atom is -0.484 e. The molecule has 0 aliphatic carbocycles. The molecule has 0 saturated carbocycles. The fraction of sp³-hybridized carbons (Fsp3) is 0.303. The SMILES string of the molecule is CC[C@](NC(=O)c1ccc(OC(Cn2ccnc2)c2ccc(F)cc2)cc1-c1ccc(F)cc1)(SC)C(=O)OC(C)(C)C. The fourth-order valence-corrected chi connectivity index (χ4v) is 5.17. The van der Waals surface area contributed by atoms with Gasteiger partial charge in [-0.25, -0.2) is 18.6 Å². The third kappa shape index (κ3) is 8.01. The van der Waals surface area contributed by atoms with E-state index in [9.17, 15) is 18.4 Å². The van der Waals surface area contributed by atoms with Gasteiger partial charge in [-0.3, -0.25) is 4.79 Å². The number of carbonyl (C=O) groups excluding carboxylic acids is 2. The maximum Gasteiger partial charge on any atom is 0.343 e. The summed E-state index contributed by atoms with van der Waals surface area (Å²) >= 11 is 1.19. The van der Waals surface area contributed by atoms with Crippen molar-refractivity contribution in [2.24, 2.45) is 0 Å². The van der Waals surface area contributed by atoms with Gasteiger partial charge in [-0.15, -0.1) is 11.8 Å². The Morgan fingerprint density at radius 2 is 1.65 bits per heavy atom. The number of rotatable bonds is 11. The number of hydrogen-bond acceptors (Lipinski definition) is 6. The van der Waals surface area contributed by atoms with Gasteiger partial charge in [-0.2, -0.15) is 0 Å². The van der Waals surface area contributed by atoms with E-state index < -0.39 is 34.3 Å². The van der Waals surface area contributed by atoms with Crippen LogP contribution >= 0.6 is 11.8 Å². The van der Waals surface area contributed by atoms with Crippen molar-refractivity contribution >= 4 is 23.6 Å². The first-order chi connectivity index (χ1) is 20.4. The van der Waals surface area contributed by atoms with Gasteiger partial charge in [0.15, 0.2) is 4.87 Å². The summed E-state index contributed by atoms with van der Waals surface area (Å²) in [6.07, 6.45) is 6.62. The number of thioether (sulfide) groups is 1. The quantitative estimate of drug-likeness (QED) is 0.144. The van der Waals surface area contributed by atoms with Crippen LogP contribution in [0.1, 0.15) is 56.1 Å². The molecule has 226 valence electrons. The molecular formula is C33H35F2N3O4S. The zero-order chi connectivity index (χ0) is 31.2. The molecule has 43 heavy (non-hydrogen) atoms. The Balaban J connectivity index is 1.72. The van der Waals surface area contributed by atoms with Gasteiger partial charge in [0.05, 0.1) is 12.9 Å². The van der Waals surface area contributed by atoms with Crippen molar-refractivity contribution < 1.29 is 27.8 Å². The van der Waals surface area contributed by atoms with E-state index >= 15 is 0 Å². The van der Waals surface area contributed by atoms with Crippen LogP contribution in [0.4, 0.5) is 8.78 Å². The first-order valence-corrected chi connectivity index (χ1v) is 15.0. The summed E-state index contributed by atoms with van der Waals surface area (Å²) in [6.45, 7) is 7.50. The molecule has 7 nitrogen and oxygen atoms in total. The van der Waals surface area contributed by atoms with Gasteiger partial charge in [0.1, 0.15) is 29.1 Å². The van der Waals surface area contributed by atoms with Crippen LogP contribution in [0, 0.1) is 11.6 Å². The Kier molecular flexibility index (Phi) is 9.91. The van der Waals surface area contributed by atoms with E-state index in [1.165, 1.54) is 36.0 Å². The van der Waals surface area contributed by atoms with Crippen LogP contribution in [0.25, 0.3) is 11.1 Å². The van der Waals surface area contributed by atoms with Gasteiger partial charge in [-0.1, -0.05) is 31.2 Å². The van der Waals surface area contributed by atoms with Gasteiger partial charge >= 0.3 is 5.97 Å². The second-order valence-corrected chi connectivity index (χ2v) is 12.1. The van der Waals surface area contributed by atoms with Crippen LogP contribution in [-0.2, 0) is 16.1 Å². The maximum absolute atomic E-state index is 13.9. The number of amides is 1. The number of benzene rings is 3. The number of carbonyl (C=O) groups is 2. The highest BCUT2D eigenvalue weighted by atomic mass is 32.2. The zero-order valence-electron chi connectivity index (χ0n) is 24.8. The molecular weight excluding hydrogens is 572 g/mol. The van der Waals surface area contributed by atoms with E-state index in [0.29, 0.717) is 23.4 Å². The van der Waals surface area contributed by atoms with Crippen LogP contribution in [0.3, 0.4) is 0 Å². The Labute approximate surface area is 254 Å². The summed E-state index contributed by atoms with van der Waals surface area (Å²) in [5, 5.41) is 2.90. The van der Waals surface area contributed by atoms with Gasteiger partial charge in [0.25, 0.3) is 5.91 Å². The molecule has 4 aromatic rings. The molecule has 1 aromatic heterocycles. The van der Waals surface area contributed by atoms with E-state index in [1.807, 2.05) is 4.57 Å². The zero-order valence-corrected chi connectivity index (χ0v) is 25.6. The Morgan fingerprint density at radius 1 is 1.00 bits per heavy atom. The van der Waals surface area contributed by atoms with E-state index in [2.05, 4.69) is 10.3 Å². The van der Waals surface area contributed by atoms with Crippen molar-refractivity contribution in [1.29, 1.82) is 0 Å². The second-order valence-electron chi connectivity index (χ2n) is 11.0.